The van der Waals surface area contributed by atoms with E-state index in [9.17, 15) is 4.79 Å². The van der Waals surface area contributed by atoms with Gasteiger partial charge in [-0.3, -0.25) is 4.98 Å². The molecule has 1 aromatic carbocycles. The SMILES string of the molecule is CCOC(=O)COC(COc1ccccc1OCC)c1ccccn1. The smallest absolute Gasteiger partial charge is 0.332 e. The van der Waals surface area contributed by atoms with E-state index in [-0.39, 0.29) is 13.2 Å². The number of hydrogen-bond acceptors (Lipinski definition) is 6. The van der Waals surface area contributed by atoms with Crippen LogP contribution in [0.4, 0.5) is 0 Å². The summed E-state index contributed by atoms with van der Waals surface area (Å²) in [5.74, 6) is 0.860. The highest BCUT2D eigenvalue weighted by Crippen LogP contribution is 2.28. The fourth-order valence-corrected chi connectivity index (χ4v) is 2.17. The third-order valence-corrected chi connectivity index (χ3v) is 3.26. The minimum Gasteiger partial charge on any atom is -0.490 e. The molecule has 0 amide bonds. The molecule has 0 saturated carbocycles. The number of esters is 1. The first kappa shape index (κ1) is 18.7. The van der Waals surface area contributed by atoms with E-state index >= 15 is 0 Å². The number of rotatable bonds is 10. The number of aromatic nitrogens is 1. The quantitative estimate of drug-likeness (QED) is 0.616. The van der Waals surface area contributed by atoms with E-state index < -0.39 is 12.1 Å². The molecule has 1 heterocycles. The van der Waals surface area contributed by atoms with E-state index in [4.69, 9.17) is 18.9 Å². The van der Waals surface area contributed by atoms with E-state index in [1.165, 1.54) is 0 Å². The van der Waals surface area contributed by atoms with E-state index in [1.54, 1.807) is 13.1 Å². The molecule has 0 bridgehead atoms. The number of hydrogen-bond donors (Lipinski definition) is 0. The zero-order valence-electron chi connectivity index (χ0n) is 14.5. The van der Waals surface area contributed by atoms with Crippen LogP contribution in [0.1, 0.15) is 25.6 Å². The summed E-state index contributed by atoms with van der Waals surface area (Å²) in [7, 11) is 0. The Kier molecular flexibility index (Phi) is 7.72. The number of benzene rings is 1. The molecule has 2 aromatic rings. The molecule has 0 spiro atoms. The Bertz CT molecular complexity index is 647. The molecule has 0 aliphatic heterocycles. The van der Waals surface area contributed by atoms with E-state index in [0.717, 1.165) is 0 Å². The molecule has 25 heavy (non-hydrogen) atoms. The molecule has 134 valence electrons. The topological polar surface area (TPSA) is 66.9 Å². The van der Waals surface area contributed by atoms with Gasteiger partial charge in [-0.2, -0.15) is 0 Å². The van der Waals surface area contributed by atoms with Crippen molar-refractivity contribution in [2.75, 3.05) is 26.4 Å². The minimum atomic E-state index is -0.500. The van der Waals surface area contributed by atoms with Crippen LogP contribution in [-0.2, 0) is 14.3 Å². The lowest BCUT2D eigenvalue weighted by Crippen LogP contribution is -2.20. The van der Waals surface area contributed by atoms with Crippen molar-refractivity contribution < 1.29 is 23.7 Å². The molecular weight excluding hydrogens is 322 g/mol. The molecule has 0 N–H and O–H groups in total. The van der Waals surface area contributed by atoms with Crippen LogP contribution < -0.4 is 9.47 Å². The van der Waals surface area contributed by atoms with Crippen molar-refractivity contribution in [1.29, 1.82) is 0 Å². The number of pyridine rings is 1. The second-order valence-corrected chi connectivity index (χ2v) is 5.05. The number of nitrogens with zero attached hydrogens (tertiary/aromatic N) is 1. The molecule has 0 aliphatic rings. The molecule has 1 unspecified atom stereocenters. The molecule has 0 saturated heterocycles. The summed E-state index contributed by atoms with van der Waals surface area (Å²) in [6.45, 7) is 4.56. The van der Waals surface area contributed by atoms with Crippen molar-refractivity contribution in [3.05, 3.63) is 54.4 Å². The third kappa shape index (κ3) is 6.08. The van der Waals surface area contributed by atoms with Gasteiger partial charge in [0, 0.05) is 6.20 Å². The van der Waals surface area contributed by atoms with Crippen molar-refractivity contribution in [2.45, 2.75) is 20.0 Å². The molecule has 2 rings (SSSR count). The summed E-state index contributed by atoms with van der Waals surface area (Å²) in [5, 5.41) is 0. The average Bonchev–Trinajstić information content (AvgIpc) is 2.64. The first-order valence-electron chi connectivity index (χ1n) is 8.27. The summed E-state index contributed by atoms with van der Waals surface area (Å²) < 4.78 is 22.0. The van der Waals surface area contributed by atoms with Gasteiger partial charge in [-0.05, 0) is 38.1 Å². The predicted molar refractivity (Wildman–Crippen MR) is 92.7 cm³/mol. The van der Waals surface area contributed by atoms with Crippen LogP contribution in [0.3, 0.4) is 0 Å². The zero-order chi connectivity index (χ0) is 17.9. The molecule has 6 heteroatoms. The Balaban J connectivity index is 2.04. The van der Waals surface area contributed by atoms with Crippen LogP contribution >= 0.6 is 0 Å². The van der Waals surface area contributed by atoms with Gasteiger partial charge < -0.3 is 18.9 Å². The molecule has 0 fully saturated rings. The van der Waals surface area contributed by atoms with Gasteiger partial charge in [0.05, 0.1) is 18.9 Å². The third-order valence-electron chi connectivity index (χ3n) is 3.26. The van der Waals surface area contributed by atoms with Crippen molar-refractivity contribution >= 4 is 5.97 Å². The number of ether oxygens (including phenoxy) is 4. The summed E-state index contributed by atoms with van der Waals surface area (Å²) >= 11 is 0. The fraction of sp³-hybridized carbons (Fsp3) is 0.368. The molecule has 0 radical (unpaired) electrons. The highest BCUT2D eigenvalue weighted by Gasteiger charge is 2.18. The van der Waals surface area contributed by atoms with Crippen LogP contribution in [0.2, 0.25) is 0 Å². The minimum absolute atomic E-state index is 0.161. The van der Waals surface area contributed by atoms with E-state index in [2.05, 4.69) is 4.98 Å². The summed E-state index contributed by atoms with van der Waals surface area (Å²) in [6, 6.07) is 12.9. The first-order valence-corrected chi connectivity index (χ1v) is 8.27. The van der Waals surface area contributed by atoms with Crippen molar-refractivity contribution in [3.8, 4) is 11.5 Å². The average molecular weight is 345 g/mol. The normalized spacial score (nSPS) is 11.6. The van der Waals surface area contributed by atoms with Gasteiger partial charge in [-0.1, -0.05) is 18.2 Å². The van der Waals surface area contributed by atoms with Gasteiger partial charge in [0.2, 0.25) is 0 Å². The maximum atomic E-state index is 11.6. The lowest BCUT2D eigenvalue weighted by atomic mass is 10.2. The molecule has 0 aliphatic carbocycles. The van der Waals surface area contributed by atoms with Crippen LogP contribution in [-0.4, -0.2) is 37.4 Å². The maximum Gasteiger partial charge on any atom is 0.332 e. The monoisotopic (exact) mass is 345 g/mol. The van der Waals surface area contributed by atoms with Crippen LogP contribution in [0.5, 0.6) is 11.5 Å². The first-order chi connectivity index (χ1) is 12.2. The molecule has 6 nitrogen and oxygen atoms in total. The van der Waals surface area contributed by atoms with Crippen LogP contribution in [0.15, 0.2) is 48.7 Å². The number of carbonyl (C=O) groups excluding carboxylic acids is 1. The zero-order valence-corrected chi connectivity index (χ0v) is 14.5. The molecule has 1 aromatic heterocycles. The van der Waals surface area contributed by atoms with Crippen molar-refractivity contribution in [3.63, 3.8) is 0 Å². The Morgan fingerprint density at radius 2 is 1.72 bits per heavy atom. The second kappa shape index (κ2) is 10.3. The van der Waals surface area contributed by atoms with Gasteiger partial charge in [0.1, 0.15) is 19.3 Å². The lowest BCUT2D eigenvalue weighted by molar-refractivity contribution is -0.151. The van der Waals surface area contributed by atoms with Gasteiger partial charge in [-0.25, -0.2) is 4.79 Å². The Hall–Kier alpha value is -2.60. The summed E-state index contributed by atoms with van der Waals surface area (Å²) in [5.41, 5.74) is 0.681. The highest BCUT2D eigenvalue weighted by atomic mass is 16.6. The van der Waals surface area contributed by atoms with Gasteiger partial charge >= 0.3 is 5.97 Å². The van der Waals surface area contributed by atoms with Crippen LogP contribution in [0.25, 0.3) is 0 Å². The van der Waals surface area contributed by atoms with Gasteiger partial charge in [-0.15, -0.1) is 0 Å². The standard InChI is InChI=1S/C19H23NO5/c1-3-22-16-10-5-6-11-17(16)24-13-18(15-9-7-8-12-20-15)25-14-19(21)23-4-2/h5-12,18H,3-4,13-14H2,1-2H3. The van der Waals surface area contributed by atoms with Gasteiger partial charge in [0.15, 0.2) is 11.5 Å². The Morgan fingerprint density at radius 1 is 1.00 bits per heavy atom. The lowest BCUT2D eigenvalue weighted by Gasteiger charge is -2.19. The van der Waals surface area contributed by atoms with Crippen molar-refractivity contribution in [1.82, 2.24) is 4.98 Å². The summed E-state index contributed by atoms with van der Waals surface area (Å²) in [4.78, 5) is 15.8. The Labute approximate surface area is 147 Å². The van der Waals surface area contributed by atoms with E-state index in [0.29, 0.717) is 30.4 Å². The molecule has 1 atom stereocenters. The largest absolute Gasteiger partial charge is 0.490 e. The fourth-order valence-electron chi connectivity index (χ4n) is 2.17. The van der Waals surface area contributed by atoms with Crippen LogP contribution in [0, 0.1) is 0 Å². The number of carbonyl (C=O) groups is 1. The second-order valence-electron chi connectivity index (χ2n) is 5.05. The van der Waals surface area contributed by atoms with Crippen molar-refractivity contribution in [2.24, 2.45) is 0 Å². The van der Waals surface area contributed by atoms with Gasteiger partial charge in [0.25, 0.3) is 0 Å². The maximum absolute atomic E-state index is 11.6. The van der Waals surface area contributed by atoms with E-state index in [1.807, 2.05) is 49.4 Å². The Morgan fingerprint density at radius 3 is 2.36 bits per heavy atom. The predicted octanol–water partition coefficient (Wildman–Crippen LogP) is 3.18. The number of para-hydroxylation sites is 2. The molecular formula is C19H23NO5. The highest BCUT2D eigenvalue weighted by molar-refractivity contribution is 5.70. The summed E-state index contributed by atoms with van der Waals surface area (Å²) in [6.07, 6.45) is 1.17.